The van der Waals surface area contributed by atoms with Crippen LogP contribution in [0.1, 0.15) is 17.1 Å². The lowest BCUT2D eigenvalue weighted by Crippen LogP contribution is -2.17. The maximum absolute atomic E-state index is 13.5. The van der Waals surface area contributed by atoms with Gasteiger partial charge in [-0.05, 0) is 12.1 Å². The number of fused-ring (bicyclic) bond motifs is 1. The summed E-state index contributed by atoms with van der Waals surface area (Å²) in [6, 6.07) is 2.80. The summed E-state index contributed by atoms with van der Waals surface area (Å²) in [7, 11) is -1.73. The van der Waals surface area contributed by atoms with Gasteiger partial charge in [-0.3, -0.25) is 0 Å². The lowest BCUT2D eigenvalue weighted by molar-refractivity contribution is -0.151. The molecule has 1 aromatic carbocycles. The largest absolute Gasteiger partial charge is 0.451 e. The average Bonchev–Trinajstić information content (AvgIpc) is 2.93. The number of nitrogens with two attached hydrogens (primary N) is 1. The van der Waals surface area contributed by atoms with Crippen molar-refractivity contribution in [3.63, 3.8) is 0 Å². The van der Waals surface area contributed by atoms with E-state index in [1.165, 1.54) is 12.1 Å². The van der Waals surface area contributed by atoms with Gasteiger partial charge in [-0.2, -0.15) is 26.3 Å². The van der Waals surface area contributed by atoms with Gasteiger partial charge in [0.15, 0.2) is 11.3 Å². The summed E-state index contributed by atoms with van der Waals surface area (Å²) in [5, 5.41) is 2.66. The van der Waals surface area contributed by atoms with Crippen molar-refractivity contribution in [2.45, 2.75) is 32.0 Å². The number of nitrogen functional groups attached to an aromatic ring is 1. The van der Waals surface area contributed by atoms with Crippen molar-refractivity contribution in [1.29, 1.82) is 0 Å². The van der Waals surface area contributed by atoms with Gasteiger partial charge in [0.1, 0.15) is 19.6 Å². The molecule has 5 nitrogen and oxygen atoms in total. The summed E-state index contributed by atoms with van der Waals surface area (Å²) in [6.07, 6.45) is -10.5. The van der Waals surface area contributed by atoms with Crippen molar-refractivity contribution in [3.05, 3.63) is 39.3 Å². The summed E-state index contributed by atoms with van der Waals surface area (Å²) in [4.78, 5) is 5.75. The topological polar surface area (TPSA) is 69.6 Å². The van der Waals surface area contributed by atoms with Crippen LogP contribution in [0.5, 0.6) is 0 Å². The highest BCUT2D eigenvalue weighted by Gasteiger charge is 2.43. The van der Waals surface area contributed by atoms with Crippen LogP contribution in [0.3, 0.4) is 0 Å². The molecule has 0 fully saturated rings. The van der Waals surface area contributed by atoms with Crippen molar-refractivity contribution in [2.24, 2.45) is 0 Å². The second-order valence-electron chi connectivity index (χ2n) is 7.68. The number of halogens is 8. The minimum atomic E-state index is -5.26. The van der Waals surface area contributed by atoms with Gasteiger partial charge in [0.25, 0.3) is 0 Å². The molecule has 0 saturated heterocycles. The summed E-state index contributed by atoms with van der Waals surface area (Å²) in [6.45, 7) is 6.05. The highest BCUT2D eigenvalue weighted by Crippen LogP contribution is 2.40. The molecule has 0 radical (unpaired) electrons. The molecule has 0 aliphatic heterocycles. The molecule has 14 heteroatoms. The Kier molecular flexibility index (Phi) is 5.91. The molecule has 2 heterocycles. The molecule has 0 unspecified atom stereocenters. The van der Waals surface area contributed by atoms with Crippen LogP contribution in [0.15, 0.2) is 12.1 Å². The van der Waals surface area contributed by atoms with E-state index in [4.69, 9.17) is 28.9 Å². The van der Waals surface area contributed by atoms with E-state index in [1.54, 1.807) is 0 Å². The van der Waals surface area contributed by atoms with E-state index in [2.05, 4.69) is 26.5 Å². The highest BCUT2D eigenvalue weighted by atomic mass is 35.5. The first-order chi connectivity index (χ1) is 14.5. The lowest BCUT2D eigenvalue weighted by atomic mass is 10.2. The number of rotatable bonds is 1. The van der Waals surface area contributed by atoms with E-state index in [-0.39, 0.29) is 15.7 Å². The van der Waals surface area contributed by atoms with E-state index in [9.17, 15) is 26.3 Å². The van der Waals surface area contributed by atoms with Crippen molar-refractivity contribution in [1.82, 2.24) is 19.7 Å². The highest BCUT2D eigenvalue weighted by molar-refractivity contribution is 6.83. The molecule has 0 atom stereocenters. The summed E-state index contributed by atoms with van der Waals surface area (Å²) in [5.74, 6) is 0.246. The maximum Gasteiger partial charge on any atom is 0.451 e. The first-order valence-corrected chi connectivity index (χ1v) is 13.0. The van der Waals surface area contributed by atoms with Crippen LogP contribution < -0.4 is 5.73 Å². The van der Waals surface area contributed by atoms with Crippen molar-refractivity contribution in [3.8, 4) is 17.2 Å². The molecule has 0 spiro atoms. The Hall–Kier alpha value is -2.49. The summed E-state index contributed by atoms with van der Waals surface area (Å²) < 4.78 is 80.2. The first kappa shape index (κ1) is 24.2. The van der Waals surface area contributed by atoms with E-state index in [1.807, 2.05) is 19.6 Å². The number of alkyl halides is 6. The molecule has 3 rings (SSSR count). The second kappa shape index (κ2) is 7.82. The molecule has 2 N–H and O–H groups in total. The third-order valence-electron chi connectivity index (χ3n) is 3.90. The quantitative estimate of drug-likeness (QED) is 0.248. The molecule has 0 amide bonds. The van der Waals surface area contributed by atoms with E-state index < -0.39 is 48.8 Å². The number of hydrogen-bond acceptors (Lipinski definition) is 4. The van der Waals surface area contributed by atoms with Crippen LogP contribution in [0.4, 0.5) is 32.2 Å². The Labute approximate surface area is 188 Å². The zero-order chi connectivity index (χ0) is 24.2. The molecule has 170 valence electrons. The van der Waals surface area contributed by atoms with Crippen LogP contribution >= 0.6 is 23.2 Å². The van der Waals surface area contributed by atoms with E-state index in [0.29, 0.717) is 10.2 Å². The summed E-state index contributed by atoms with van der Waals surface area (Å²) >= 11 is 12.5. The minimum absolute atomic E-state index is 0.0746. The molecule has 2 aromatic heterocycles. The summed E-state index contributed by atoms with van der Waals surface area (Å²) in [5.41, 5.74) is 6.45. The predicted octanol–water partition coefficient (Wildman–Crippen LogP) is 5.97. The Balaban J connectivity index is 2.29. The number of aromatic nitrogens is 4. The molecule has 3 aromatic rings. The fourth-order valence-corrected chi connectivity index (χ4v) is 3.78. The Bertz CT molecular complexity index is 1260. The number of hydrogen-bond donors (Lipinski definition) is 1. The van der Waals surface area contributed by atoms with Gasteiger partial charge in [-0.1, -0.05) is 48.8 Å². The van der Waals surface area contributed by atoms with Gasteiger partial charge >= 0.3 is 12.4 Å². The molecule has 0 aliphatic carbocycles. The SMILES string of the molecule is C[Si](C)(C)C#Cc1cc(Cl)c(-n2nc3nc(C(F)(F)F)nc(C(F)(F)F)c3c2N)c(Cl)c1. The Morgan fingerprint density at radius 3 is 2.00 bits per heavy atom. The molecular weight excluding hydrogens is 499 g/mol. The zero-order valence-corrected chi connectivity index (χ0v) is 19.1. The van der Waals surface area contributed by atoms with Gasteiger partial charge in [0, 0.05) is 5.56 Å². The fourth-order valence-electron chi connectivity index (χ4n) is 2.61. The normalized spacial score (nSPS) is 12.7. The van der Waals surface area contributed by atoms with Crippen LogP contribution in [0, 0.1) is 11.5 Å². The average molecular weight is 512 g/mol. The Morgan fingerprint density at radius 1 is 0.969 bits per heavy atom. The molecule has 0 saturated carbocycles. The zero-order valence-electron chi connectivity index (χ0n) is 16.5. The van der Waals surface area contributed by atoms with Gasteiger partial charge < -0.3 is 5.73 Å². The second-order valence-corrected chi connectivity index (χ2v) is 13.2. The lowest BCUT2D eigenvalue weighted by Gasteiger charge is -2.11. The third kappa shape index (κ3) is 4.79. The van der Waals surface area contributed by atoms with E-state index >= 15 is 0 Å². The van der Waals surface area contributed by atoms with Gasteiger partial charge in [0.2, 0.25) is 5.82 Å². The minimum Gasteiger partial charge on any atom is -0.383 e. The van der Waals surface area contributed by atoms with E-state index in [0.717, 1.165) is 0 Å². The van der Waals surface area contributed by atoms with Crippen LogP contribution in [-0.2, 0) is 12.4 Å². The monoisotopic (exact) mass is 511 g/mol. The van der Waals surface area contributed by atoms with Crippen molar-refractivity contribution in [2.75, 3.05) is 5.73 Å². The van der Waals surface area contributed by atoms with Gasteiger partial charge in [0.05, 0.1) is 15.4 Å². The maximum atomic E-state index is 13.5. The van der Waals surface area contributed by atoms with Crippen LogP contribution in [0.25, 0.3) is 16.7 Å². The number of nitrogens with zero attached hydrogens (tertiary/aromatic N) is 4. The third-order valence-corrected chi connectivity index (χ3v) is 5.35. The molecule has 32 heavy (non-hydrogen) atoms. The predicted molar refractivity (Wildman–Crippen MR) is 111 cm³/mol. The standard InChI is InChI=1S/C18H13Cl2F6N5Si/c1-32(2,3)5-4-8-6-9(19)12(10(20)7-8)31-14(27)11-13(17(21,22)23)28-16(18(24,25)26)29-15(11)30-31/h6-7H,27H2,1-3H3. The van der Waals surface area contributed by atoms with Gasteiger partial charge in [-0.15, -0.1) is 10.6 Å². The molecular formula is C18H13Cl2F6N5Si. The number of benzene rings is 1. The smallest absolute Gasteiger partial charge is 0.383 e. The fraction of sp³-hybridized carbons (Fsp3) is 0.278. The first-order valence-electron chi connectivity index (χ1n) is 8.72. The van der Waals surface area contributed by atoms with Gasteiger partial charge in [-0.25, -0.2) is 14.6 Å². The van der Waals surface area contributed by atoms with Crippen molar-refractivity contribution >= 4 is 48.1 Å². The van der Waals surface area contributed by atoms with Crippen LogP contribution in [0.2, 0.25) is 29.7 Å². The molecule has 0 aliphatic rings. The Morgan fingerprint density at radius 2 is 1.53 bits per heavy atom. The van der Waals surface area contributed by atoms with Crippen molar-refractivity contribution < 1.29 is 26.3 Å². The number of anilines is 1. The molecule has 0 bridgehead atoms. The van der Waals surface area contributed by atoms with Crippen LogP contribution in [-0.4, -0.2) is 27.8 Å².